The summed E-state index contributed by atoms with van der Waals surface area (Å²) < 4.78 is 5.46. The van der Waals surface area contributed by atoms with Gasteiger partial charge in [0.1, 0.15) is 0 Å². The Morgan fingerprint density at radius 2 is 1.55 bits per heavy atom. The first-order chi connectivity index (χ1) is 18.3. The van der Waals surface area contributed by atoms with Crippen molar-refractivity contribution in [2.75, 3.05) is 4.90 Å². The van der Waals surface area contributed by atoms with Gasteiger partial charge in [0.2, 0.25) is 17.6 Å². The number of carbonyl (C=O) groups is 4. The van der Waals surface area contributed by atoms with Crippen molar-refractivity contribution >= 4 is 29.3 Å². The number of anilines is 1. The van der Waals surface area contributed by atoms with Gasteiger partial charge >= 0.3 is 5.97 Å². The number of fused-ring (bicyclic) bond motifs is 5. The molecule has 6 nitrogen and oxygen atoms in total. The topological polar surface area (TPSA) is 80.8 Å². The number of Topliss-reactive ketones (excluding diaryl/α,β-unsaturated/α-hetero) is 1. The van der Waals surface area contributed by atoms with E-state index in [-0.39, 0.29) is 52.8 Å². The smallest absolute Gasteiger partial charge is 0.338 e. The molecule has 3 fully saturated rings. The van der Waals surface area contributed by atoms with Crippen molar-refractivity contribution in [2.45, 2.75) is 38.7 Å². The van der Waals surface area contributed by atoms with Gasteiger partial charge in [-0.2, -0.15) is 0 Å². The lowest BCUT2D eigenvalue weighted by molar-refractivity contribution is -0.123. The Morgan fingerprint density at radius 3 is 2.29 bits per heavy atom. The van der Waals surface area contributed by atoms with Crippen molar-refractivity contribution in [1.29, 1.82) is 0 Å². The summed E-state index contributed by atoms with van der Waals surface area (Å²) in [4.78, 5) is 54.0. The Kier molecular flexibility index (Phi) is 5.98. The van der Waals surface area contributed by atoms with Crippen molar-refractivity contribution in [3.05, 3.63) is 101 Å². The predicted molar refractivity (Wildman–Crippen MR) is 142 cm³/mol. The molecule has 2 aliphatic carbocycles. The Hall–Kier alpha value is -4.06. The van der Waals surface area contributed by atoms with Gasteiger partial charge in [0, 0.05) is 5.56 Å². The van der Waals surface area contributed by atoms with Crippen LogP contribution in [0.2, 0.25) is 0 Å². The highest BCUT2D eigenvalue weighted by Gasteiger charge is 2.64. The second-order valence-corrected chi connectivity index (χ2v) is 10.8. The number of rotatable bonds is 6. The van der Waals surface area contributed by atoms with Gasteiger partial charge in [-0.1, -0.05) is 66.2 Å². The molecule has 3 aromatic rings. The third-order valence-electron chi connectivity index (χ3n) is 8.57. The van der Waals surface area contributed by atoms with Gasteiger partial charge < -0.3 is 4.74 Å². The first-order valence-electron chi connectivity index (χ1n) is 13.2. The number of amides is 2. The van der Waals surface area contributed by atoms with E-state index in [9.17, 15) is 19.2 Å². The second kappa shape index (κ2) is 9.35. The third-order valence-corrected chi connectivity index (χ3v) is 8.57. The van der Waals surface area contributed by atoms with E-state index in [1.54, 1.807) is 30.3 Å². The summed E-state index contributed by atoms with van der Waals surface area (Å²) in [6.07, 6.45) is 0.843. The van der Waals surface area contributed by atoms with Crippen LogP contribution in [-0.4, -0.2) is 29.7 Å². The van der Waals surface area contributed by atoms with E-state index in [1.165, 1.54) is 23.5 Å². The summed E-state index contributed by atoms with van der Waals surface area (Å²) in [7, 11) is 0. The number of aryl methyl sites for hydroxylation is 1. The number of nitrogens with zero attached hydrogens (tertiary/aromatic N) is 1. The standard InChI is InChI=1S/C32H29NO5/c1-18-11-13-21(14-12-18)29(34)19(2)38-32(37)22-9-6-10-24(15-22)33-30(35)27-23-16-25(20-7-4-3-5-8-20)26(17-23)28(27)31(33)36/h3-15,19,23,25-28H,16-17H2,1-2H3/t19-,23-,25+,26+,27+,28+/m0/s1. The summed E-state index contributed by atoms with van der Waals surface area (Å²) in [5, 5.41) is 0. The van der Waals surface area contributed by atoms with Crippen LogP contribution in [0.4, 0.5) is 5.69 Å². The number of benzene rings is 3. The van der Waals surface area contributed by atoms with E-state index in [1.807, 2.05) is 37.3 Å². The van der Waals surface area contributed by atoms with Crippen molar-refractivity contribution in [3.63, 3.8) is 0 Å². The fourth-order valence-corrected chi connectivity index (χ4v) is 6.80. The van der Waals surface area contributed by atoms with Gasteiger partial charge in [-0.15, -0.1) is 0 Å². The summed E-state index contributed by atoms with van der Waals surface area (Å²) in [6, 6.07) is 23.7. The molecule has 3 aliphatic rings. The van der Waals surface area contributed by atoms with Gasteiger partial charge in [-0.25, -0.2) is 4.79 Å². The zero-order valence-corrected chi connectivity index (χ0v) is 21.4. The number of esters is 1. The predicted octanol–water partition coefficient (Wildman–Crippen LogP) is 5.35. The molecule has 6 atom stereocenters. The van der Waals surface area contributed by atoms with Gasteiger partial charge in [0.25, 0.3) is 0 Å². The Morgan fingerprint density at radius 1 is 0.842 bits per heavy atom. The molecule has 3 aromatic carbocycles. The Bertz CT molecular complexity index is 1430. The minimum atomic E-state index is -0.978. The molecule has 6 heteroatoms. The molecule has 2 amide bonds. The van der Waals surface area contributed by atoms with Crippen molar-refractivity contribution in [2.24, 2.45) is 23.7 Å². The molecular formula is C32H29NO5. The van der Waals surface area contributed by atoms with E-state index < -0.39 is 12.1 Å². The largest absolute Gasteiger partial charge is 0.451 e. The number of carbonyl (C=O) groups excluding carboxylic acids is 4. The number of hydrogen-bond donors (Lipinski definition) is 0. The van der Waals surface area contributed by atoms with Gasteiger partial charge in [0.15, 0.2) is 6.10 Å². The maximum Gasteiger partial charge on any atom is 0.338 e. The molecule has 1 saturated heterocycles. The molecule has 0 unspecified atom stereocenters. The normalized spacial score (nSPS) is 26.4. The second-order valence-electron chi connectivity index (χ2n) is 10.8. The minimum absolute atomic E-state index is 0.149. The zero-order chi connectivity index (χ0) is 26.6. The lowest BCUT2D eigenvalue weighted by Crippen LogP contribution is -2.33. The monoisotopic (exact) mass is 507 g/mol. The van der Waals surface area contributed by atoms with Gasteiger partial charge in [-0.3, -0.25) is 19.3 Å². The molecular weight excluding hydrogens is 478 g/mol. The first kappa shape index (κ1) is 24.3. The average molecular weight is 508 g/mol. The molecule has 1 aliphatic heterocycles. The highest BCUT2D eigenvalue weighted by molar-refractivity contribution is 6.23. The number of ether oxygens (including phenoxy) is 1. The molecule has 0 spiro atoms. The fourth-order valence-electron chi connectivity index (χ4n) is 6.80. The van der Waals surface area contributed by atoms with Crippen LogP contribution < -0.4 is 4.90 Å². The van der Waals surface area contributed by atoms with Gasteiger partial charge in [-0.05, 0) is 68.2 Å². The van der Waals surface area contributed by atoms with E-state index in [0.717, 1.165) is 18.4 Å². The zero-order valence-electron chi connectivity index (χ0n) is 21.4. The molecule has 0 aromatic heterocycles. The van der Waals surface area contributed by atoms with E-state index in [2.05, 4.69) is 12.1 Å². The van der Waals surface area contributed by atoms with Crippen LogP contribution in [0, 0.1) is 30.6 Å². The van der Waals surface area contributed by atoms with Gasteiger partial charge in [0.05, 0.1) is 23.1 Å². The average Bonchev–Trinajstić information content (AvgIpc) is 3.60. The van der Waals surface area contributed by atoms with Crippen molar-refractivity contribution in [1.82, 2.24) is 0 Å². The van der Waals surface area contributed by atoms with Crippen LogP contribution in [-0.2, 0) is 14.3 Å². The van der Waals surface area contributed by atoms with Crippen LogP contribution in [0.15, 0.2) is 78.9 Å². The maximum atomic E-state index is 13.6. The number of hydrogen-bond acceptors (Lipinski definition) is 5. The minimum Gasteiger partial charge on any atom is -0.451 e. The summed E-state index contributed by atoms with van der Waals surface area (Å²) >= 11 is 0. The van der Waals surface area contributed by atoms with E-state index >= 15 is 0 Å². The number of imide groups is 1. The Labute approximate surface area is 221 Å². The Balaban J connectivity index is 1.19. The quantitative estimate of drug-likeness (QED) is 0.255. The SMILES string of the molecule is Cc1ccc(C(=O)[C@H](C)OC(=O)c2cccc(N3C(=O)[C@@H]4[C@@H]5C[C@@H]([C@H]4C3=O)[C@@H](c3ccccc3)C5)c2)cc1. The molecule has 0 radical (unpaired) electrons. The molecule has 1 heterocycles. The van der Waals surface area contributed by atoms with Crippen LogP contribution >= 0.6 is 0 Å². The highest BCUT2D eigenvalue weighted by atomic mass is 16.5. The van der Waals surface area contributed by atoms with Crippen LogP contribution in [0.3, 0.4) is 0 Å². The molecule has 192 valence electrons. The molecule has 2 bridgehead atoms. The lowest BCUT2D eigenvalue weighted by atomic mass is 9.73. The van der Waals surface area contributed by atoms with Crippen LogP contribution in [0.1, 0.15) is 57.5 Å². The van der Waals surface area contributed by atoms with Crippen LogP contribution in [0.25, 0.3) is 0 Å². The fraction of sp³-hybridized carbons (Fsp3) is 0.312. The summed E-state index contributed by atoms with van der Waals surface area (Å²) in [6.45, 7) is 3.47. The molecule has 38 heavy (non-hydrogen) atoms. The molecule has 6 rings (SSSR count). The first-order valence-corrected chi connectivity index (χ1v) is 13.2. The third kappa shape index (κ3) is 3.95. The maximum absolute atomic E-state index is 13.6. The van der Waals surface area contributed by atoms with E-state index in [4.69, 9.17) is 4.74 Å². The van der Waals surface area contributed by atoms with Crippen LogP contribution in [0.5, 0.6) is 0 Å². The summed E-state index contributed by atoms with van der Waals surface area (Å²) in [5.74, 6) is -1.32. The summed E-state index contributed by atoms with van der Waals surface area (Å²) in [5.41, 5.74) is 3.29. The molecule has 0 N–H and O–H groups in total. The molecule has 2 saturated carbocycles. The van der Waals surface area contributed by atoms with E-state index in [0.29, 0.717) is 11.3 Å². The number of ketones is 1. The highest BCUT2D eigenvalue weighted by Crippen LogP contribution is 2.61. The van der Waals surface area contributed by atoms with Crippen molar-refractivity contribution < 1.29 is 23.9 Å². The lowest BCUT2D eigenvalue weighted by Gasteiger charge is -2.28. The van der Waals surface area contributed by atoms with Crippen molar-refractivity contribution in [3.8, 4) is 0 Å².